The van der Waals surface area contributed by atoms with Crippen molar-refractivity contribution >= 4 is 28.1 Å². The predicted octanol–water partition coefficient (Wildman–Crippen LogP) is 5.96. The van der Waals surface area contributed by atoms with Crippen LogP contribution >= 0.6 is 11.3 Å². The number of ketones is 1. The summed E-state index contributed by atoms with van der Waals surface area (Å²) in [6.07, 6.45) is 1.82. The van der Waals surface area contributed by atoms with E-state index >= 15 is 0 Å². The van der Waals surface area contributed by atoms with E-state index in [2.05, 4.69) is 48.8 Å². The lowest BCUT2D eigenvalue weighted by atomic mass is 10.1. The maximum Gasteiger partial charge on any atom is 0.416 e. The van der Waals surface area contributed by atoms with Gasteiger partial charge in [-0.2, -0.15) is 13.2 Å². The van der Waals surface area contributed by atoms with Crippen LogP contribution in [0.15, 0.2) is 30.6 Å². The molecule has 2 fully saturated rings. The van der Waals surface area contributed by atoms with Gasteiger partial charge in [-0.1, -0.05) is 6.92 Å². The highest BCUT2D eigenvalue weighted by atomic mass is 32.1. The second kappa shape index (κ2) is 13.6. The summed E-state index contributed by atoms with van der Waals surface area (Å²) in [6, 6.07) is 2.85. The van der Waals surface area contributed by atoms with Crippen LogP contribution in [0, 0.1) is 5.82 Å². The molecule has 4 heterocycles. The molecule has 2 aliphatic rings. The molecule has 0 unspecified atom stereocenters. The van der Waals surface area contributed by atoms with Gasteiger partial charge < -0.3 is 10.2 Å². The van der Waals surface area contributed by atoms with Crippen molar-refractivity contribution in [3.05, 3.63) is 52.5 Å². The number of likely N-dealkylation sites (tertiary alicyclic amines) is 1. The number of thiazole rings is 1. The third-order valence-electron chi connectivity index (χ3n) is 8.02. The van der Waals surface area contributed by atoms with E-state index in [1.54, 1.807) is 6.20 Å². The van der Waals surface area contributed by atoms with Gasteiger partial charge in [-0.15, -0.1) is 11.3 Å². The lowest BCUT2D eigenvalue weighted by Gasteiger charge is -2.35. The van der Waals surface area contributed by atoms with E-state index in [0.29, 0.717) is 29.5 Å². The number of halogens is 4. The lowest BCUT2D eigenvalue weighted by Crippen LogP contribution is -2.46. The molecule has 0 bridgehead atoms. The van der Waals surface area contributed by atoms with Crippen LogP contribution in [0.25, 0.3) is 11.3 Å². The number of carbonyl (C=O) groups is 1. The van der Waals surface area contributed by atoms with Crippen LogP contribution in [-0.4, -0.2) is 82.4 Å². The van der Waals surface area contributed by atoms with E-state index in [4.69, 9.17) is 0 Å². The van der Waals surface area contributed by atoms with Gasteiger partial charge >= 0.3 is 6.18 Å². The molecule has 5 rings (SSSR count). The smallest absolute Gasteiger partial charge is 0.361 e. The maximum atomic E-state index is 14.3. The Hall–Kier alpha value is -3.16. The molecule has 0 saturated carbocycles. The van der Waals surface area contributed by atoms with Crippen molar-refractivity contribution in [2.24, 2.45) is 0 Å². The number of hydrogen-bond donors (Lipinski definition) is 1. The first-order chi connectivity index (χ1) is 20.6. The summed E-state index contributed by atoms with van der Waals surface area (Å²) < 4.78 is 54.6. The fraction of sp³-hybridized carbons (Fsp3) is 0.533. The molecular weight excluding hydrogens is 582 g/mol. The Kier molecular flexibility index (Phi) is 9.92. The second-order valence-electron chi connectivity index (χ2n) is 11.2. The number of nitrogens with zero attached hydrogens (tertiary/aromatic N) is 6. The molecule has 0 aliphatic carbocycles. The molecule has 43 heavy (non-hydrogen) atoms. The Labute approximate surface area is 253 Å². The Morgan fingerprint density at radius 1 is 1.09 bits per heavy atom. The van der Waals surface area contributed by atoms with Crippen molar-refractivity contribution in [2.45, 2.75) is 58.3 Å². The molecule has 2 saturated heterocycles. The number of anilines is 2. The third-order valence-corrected chi connectivity index (χ3v) is 9.02. The van der Waals surface area contributed by atoms with Gasteiger partial charge in [0.05, 0.1) is 23.7 Å². The minimum Gasteiger partial charge on any atom is -0.361 e. The molecule has 1 N–H and O–H groups in total. The van der Waals surface area contributed by atoms with Crippen molar-refractivity contribution in [3.63, 3.8) is 0 Å². The maximum absolute atomic E-state index is 14.3. The number of piperazine rings is 1. The fourth-order valence-corrected chi connectivity index (χ4v) is 6.65. The van der Waals surface area contributed by atoms with Gasteiger partial charge in [0.15, 0.2) is 10.9 Å². The molecule has 1 aromatic carbocycles. The molecular formula is C30H37F4N7OS. The SMILES string of the molecule is CCCN1CCN(c2cnc(C(=O)CCNc3nc(-c4cc(F)cc(C(F)(F)F)c4)c(CN4CCC[C@H]4C)s3)cn2)CC1. The molecule has 0 amide bonds. The van der Waals surface area contributed by atoms with E-state index in [-0.39, 0.29) is 30.0 Å². The summed E-state index contributed by atoms with van der Waals surface area (Å²) in [5.74, 6) is -0.390. The molecule has 1 atom stereocenters. The van der Waals surface area contributed by atoms with Crippen molar-refractivity contribution in [2.75, 3.05) is 56.0 Å². The number of nitrogens with one attached hydrogen (secondary N) is 1. The summed E-state index contributed by atoms with van der Waals surface area (Å²) >= 11 is 1.31. The minimum atomic E-state index is -4.68. The zero-order valence-electron chi connectivity index (χ0n) is 24.5. The van der Waals surface area contributed by atoms with Crippen LogP contribution in [0.1, 0.15) is 60.5 Å². The van der Waals surface area contributed by atoms with E-state index in [9.17, 15) is 22.4 Å². The normalized spacial score (nSPS) is 18.4. The van der Waals surface area contributed by atoms with E-state index in [1.807, 2.05) is 0 Å². The topological polar surface area (TPSA) is 77.5 Å². The van der Waals surface area contributed by atoms with Crippen molar-refractivity contribution in [1.29, 1.82) is 0 Å². The van der Waals surface area contributed by atoms with Gasteiger partial charge in [0.1, 0.15) is 17.3 Å². The molecule has 3 aromatic rings. The summed E-state index contributed by atoms with van der Waals surface area (Å²) in [5.41, 5.74) is -0.378. The molecule has 0 spiro atoms. The molecule has 2 aromatic heterocycles. The van der Waals surface area contributed by atoms with Crippen molar-refractivity contribution in [1.82, 2.24) is 24.8 Å². The zero-order chi connectivity index (χ0) is 30.6. The molecule has 2 aliphatic heterocycles. The van der Waals surface area contributed by atoms with Gasteiger partial charge in [-0.3, -0.25) is 14.6 Å². The number of hydrogen-bond acceptors (Lipinski definition) is 9. The minimum absolute atomic E-state index is 0.0803. The summed E-state index contributed by atoms with van der Waals surface area (Å²) in [4.78, 5) is 33.8. The highest BCUT2D eigenvalue weighted by molar-refractivity contribution is 7.16. The standard InChI is InChI=1S/C30H37F4N7OS/c1-3-8-39-10-12-40(13-11-39)27-18-36-24(17-37-27)25(42)6-7-35-29-38-28(26(43-29)19-41-9-4-5-20(41)2)21-14-22(30(32,33)34)16-23(31)15-21/h14-18,20H,3-13,19H2,1-2H3,(H,35,38)/t20-/m1/s1. The monoisotopic (exact) mass is 619 g/mol. The third kappa shape index (κ3) is 7.87. The predicted molar refractivity (Wildman–Crippen MR) is 160 cm³/mol. The van der Waals surface area contributed by atoms with Crippen LogP contribution in [-0.2, 0) is 12.7 Å². The zero-order valence-corrected chi connectivity index (χ0v) is 25.3. The quantitative estimate of drug-likeness (QED) is 0.208. The molecule has 232 valence electrons. The highest BCUT2D eigenvalue weighted by Gasteiger charge is 2.32. The Morgan fingerprint density at radius 2 is 1.88 bits per heavy atom. The average Bonchev–Trinajstić information content (AvgIpc) is 3.58. The van der Waals surface area contributed by atoms with Gasteiger partial charge in [0.25, 0.3) is 0 Å². The van der Waals surface area contributed by atoms with Crippen LogP contribution in [0.3, 0.4) is 0 Å². The van der Waals surface area contributed by atoms with Crippen LogP contribution in [0.5, 0.6) is 0 Å². The first-order valence-corrected chi connectivity index (χ1v) is 15.6. The van der Waals surface area contributed by atoms with Crippen molar-refractivity contribution < 1.29 is 22.4 Å². The Bertz CT molecular complexity index is 1390. The lowest BCUT2D eigenvalue weighted by molar-refractivity contribution is -0.137. The number of benzene rings is 1. The summed E-state index contributed by atoms with van der Waals surface area (Å²) in [6.45, 7) is 10.7. The number of alkyl halides is 3. The Morgan fingerprint density at radius 3 is 2.53 bits per heavy atom. The van der Waals surface area contributed by atoms with Gasteiger partial charge in [0.2, 0.25) is 0 Å². The van der Waals surface area contributed by atoms with E-state index in [0.717, 1.165) is 81.4 Å². The summed E-state index contributed by atoms with van der Waals surface area (Å²) in [5, 5.41) is 3.60. The first-order valence-electron chi connectivity index (χ1n) is 14.8. The largest absolute Gasteiger partial charge is 0.416 e. The second-order valence-corrected chi connectivity index (χ2v) is 12.3. The highest BCUT2D eigenvalue weighted by Crippen LogP contribution is 2.37. The summed E-state index contributed by atoms with van der Waals surface area (Å²) in [7, 11) is 0. The van der Waals surface area contributed by atoms with Crippen LogP contribution in [0.4, 0.5) is 28.5 Å². The van der Waals surface area contributed by atoms with Gasteiger partial charge in [-0.25, -0.2) is 19.3 Å². The fourth-order valence-electron chi connectivity index (χ4n) is 5.62. The molecule has 0 radical (unpaired) electrons. The number of aromatic nitrogens is 3. The first kappa shape index (κ1) is 31.3. The van der Waals surface area contributed by atoms with Crippen LogP contribution < -0.4 is 10.2 Å². The average molecular weight is 620 g/mol. The Balaban J connectivity index is 1.24. The molecule has 8 nitrogen and oxygen atoms in total. The number of carbonyl (C=O) groups excluding carboxylic acids is 1. The van der Waals surface area contributed by atoms with Gasteiger partial charge in [0, 0.05) is 62.2 Å². The van der Waals surface area contributed by atoms with Crippen molar-refractivity contribution in [3.8, 4) is 11.3 Å². The molecule has 13 heteroatoms. The number of Topliss-reactive ketones (excluding diaryl/α,β-unsaturated/α-hetero) is 1. The van der Waals surface area contributed by atoms with E-state index < -0.39 is 17.6 Å². The van der Waals surface area contributed by atoms with Gasteiger partial charge in [-0.05, 0) is 57.5 Å². The van der Waals surface area contributed by atoms with Crippen LogP contribution in [0.2, 0.25) is 0 Å². The number of rotatable bonds is 11. The van der Waals surface area contributed by atoms with E-state index in [1.165, 1.54) is 17.5 Å².